The molecule has 1 aliphatic heterocycles. The molecule has 1 spiro atoms. The molecule has 0 amide bonds. The number of nitrogens with zero attached hydrogens (tertiary/aromatic N) is 1. The smallest absolute Gasteiger partial charge is 0.132 e. The number of carbonyl (C=O) groups excluding carboxylic acids is 1. The number of benzene rings is 1. The fourth-order valence-electron chi connectivity index (χ4n) is 3.39. The van der Waals surface area contributed by atoms with Gasteiger partial charge in [-0.25, -0.2) is 0 Å². The molecule has 2 nitrogen and oxygen atoms in total. The molecule has 1 aromatic carbocycles. The van der Waals surface area contributed by atoms with Crippen molar-refractivity contribution in [2.75, 3.05) is 6.54 Å². The van der Waals surface area contributed by atoms with Crippen molar-refractivity contribution in [3.05, 3.63) is 35.1 Å². The van der Waals surface area contributed by atoms with Gasteiger partial charge in [0.2, 0.25) is 0 Å². The number of hydrogen-bond acceptors (Lipinski definition) is 1. The standard InChI is InChI=1S/C15H18NO.Ac/c1-11(17)12-6-8-15(9-7-12)10-16-14-5-3-2-4-13(14)15;/h2-5,12H,6-10H2,1H3;/q-1;. The first-order valence-electron chi connectivity index (χ1n) is 6.49. The topological polar surface area (TPSA) is 31.2 Å². The molecule has 0 atom stereocenters. The molecule has 0 aromatic heterocycles. The summed E-state index contributed by atoms with van der Waals surface area (Å²) >= 11 is 0. The van der Waals surface area contributed by atoms with E-state index < -0.39 is 0 Å². The summed E-state index contributed by atoms with van der Waals surface area (Å²) in [5, 5.41) is 4.66. The Morgan fingerprint density at radius 1 is 1.28 bits per heavy atom. The normalized spacial score (nSPS) is 29.3. The molecule has 1 heterocycles. The van der Waals surface area contributed by atoms with E-state index in [0.29, 0.717) is 11.7 Å². The molecule has 1 radical (unpaired) electrons. The van der Waals surface area contributed by atoms with Gasteiger partial charge >= 0.3 is 0 Å². The van der Waals surface area contributed by atoms with Crippen LogP contribution < -0.4 is 0 Å². The third kappa shape index (κ3) is 2.41. The van der Waals surface area contributed by atoms with Gasteiger partial charge in [-0.3, -0.25) is 4.79 Å². The largest absolute Gasteiger partial charge is 0.683 e. The maximum atomic E-state index is 11.4. The van der Waals surface area contributed by atoms with Crippen molar-refractivity contribution >= 4 is 11.5 Å². The SMILES string of the molecule is CC(=O)C1CCC2(CC1)C[N-]c1ccccc12.[Ac]. The van der Waals surface area contributed by atoms with E-state index in [2.05, 4.69) is 29.6 Å². The first-order valence-corrected chi connectivity index (χ1v) is 6.49. The van der Waals surface area contributed by atoms with Crippen molar-refractivity contribution in [1.29, 1.82) is 0 Å². The molecule has 0 bridgehead atoms. The van der Waals surface area contributed by atoms with Gasteiger partial charge in [-0.05, 0) is 38.0 Å². The van der Waals surface area contributed by atoms with Crippen LogP contribution >= 0.6 is 0 Å². The zero-order chi connectivity index (χ0) is 11.9. The summed E-state index contributed by atoms with van der Waals surface area (Å²) in [6.07, 6.45) is 4.33. The van der Waals surface area contributed by atoms with Crippen LogP contribution in [0.3, 0.4) is 0 Å². The second-order valence-corrected chi connectivity index (χ2v) is 5.50. The molecule has 18 heavy (non-hydrogen) atoms. The molecule has 1 aliphatic carbocycles. The Labute approximate surface area is 144 Å². The zero-order valence-electron chi connectivity index (χ0n) is 10.9. The van der Waals surface area contributed by atoms with Crippen LogP contribution in [0.4, 0.5) is 5.69 Å². The summed E-state index contributed by atoms with van der Waals surface area (Å²) in [5.41, 5.74) is 2.85. The van der Waals surface area contributed by atoms with Crippen molar-refractivity contribution in [3.8, 4) is 0 Å². The molecule has 0 N–H and O–H groups in total. The first-order chi connectivity index (χ1) is 8.21. The van der Waals surface area contributed by atoms with E-state index >= 15 is 0 Å². The minimum absolute atomic E-state index is 0. The van der Waals surface area contributed by atoms with Crippen LogP contribution in [-0.2, 0) is 10.2 Å². The second kappa shape index (κ2) is 5.63. The Balaban J connectivity index is 0.00000120. The summed E-state index contributed by atoms with van der Waals surface area (Å²) in [4.78, 5) is 11.4. The van der Waals surface area contributed by atoms with Crippen molar-refractivity contribution < 1.29 is 48.9 Å². The molecule has 1 saturated carbocycles. The van der Waals surface area contributed by atoms with E-state index in [1.165, 1.54) is 11.3 Å². The van der Waals surface area contributed by atoms with Crippen LogP contribution in [0.15, 0.2) is 24.3 Å². The molecule has 1 aromatic rings. The number of rotatable bonds is 1. The van der Waals surface area contributed by atoms with Gasteiger partial charge in [0.05, 0.1) is 0 Å². The maximum absolute atomic E-state index is 11.4. The summed E-state index contributed by atoms with van der Waals surface area (Å²) < 4.78 is 0. The van der Waals surface area contributed by atoms with Crippen LogP contribution in [0.5, 0.6) is 0 Å². The van der Waals surface area contributed by atoms with E-state index in [1.54, 1.807) is 6.92 Å². The first kappa shape index (κ1) is 14.5. The molecule has 1 fully saturated rings. The number of carbonyl (C=O) groups is 1. The zero-order valence-corrected chi connectivity index (χ0v) is 15.6. The minimum atomic E-state index is 0. The molecule has 2 aliphatic rings. The Morgan fingerprint density at radius 2 is 1.94 bits per heavy atom. The fraction of sp³-hybridized carbons (Fsp3) is 0.533. The molecule has 3 heteroatoms. The summed E-state index contributed by atoms with van der Waals surface area (Å²) in [7, 11) is 0. The quantitative estimate of drug-likeness (QED) is 0.635. The van der Waals surface area contributed by atoms with Crippen molar-refractivity contribution in [1.82, 2.24) is 0 Å². The summed E-state index contributed by atoms with van der Waals surface area (Å²) in [6.45, 7) is 2.66. The minimum Gasteiger partial charge on any atom is -0.683 e. The van der Waals surface area contributed by atoms with Crippen LogP contribution in [0.1, 0.15) is 38.2 Å². The van der Waals surface area contributed by atoms with Gasteiger partial charge in [0.25, 0.3) is 0 Å². The monoisotopic (exact) mass is 455 g/mol. The fourth-order valence-corrected chi connectivity index (χ4v) is 3.39. The third-order valence-electron chi connectivity index (χ3n) is 4.55. The molecular weight excluding hydrogens is 437 g/mol. The van der Waals surface area contributed by atoms with Gasteiger partial charge in [-0.15, -0.1) is 12.2 Å². The molecule has 0 saturated heterocycles. The Hall–Kier alpha value is 0.132. The number of para-hydroxylation sites is 1. The van der Waals surface area contributed by atoms with Crippen molar-refractivity contribution in [2.24, 2.45) is 5.92 Å². The van der Waals surface area contributed by atoms with Gasteiger partial charge in [0.1, 0.15) is 5.78 Å². The van der Waals surface area contributed by atoms with Crippen molar-refractivity contribution in [3.63, 3.8) is 0 Å². The van der Waals surface area contributed by atoms with Crippen LogP contribution in [0, 0.1) is 50.0 Å². The average molecular weight is 455 g/mol. The van der Waals surface area contributed by atoms with Gasteiger partial charge < -0.3 is 5.32 Å². The number of hydrogen-bond donors (Lipinski definition) is 0. The van der Waals surface area contributed by atoms with Crippen LogP contribution in [0.25, 0.3) is 5.32 Å². The van der Waals surface area contributed by atoms with Gasteiger partial charge in [-0.1, -0.05) is 29.8 Å². The summed E-state index contributed by atoms with van der Waals surface area (Å²) in [5.74, 6) is 0.663. The van der Waals surface area contributed by atoms with Gasteiger partial charge in [0.15, 0.2) is 0 Å². The Morgan fingerprint density at radius 3 is 2.61 bits per heavy atom. The van der Waals surface area contributed by atoms with E-state index in [-0.39, 0.29) is 49.5 Å². The van der Waals surface area contributed by atoms with E-state index in [1.807, 2.05) is 0 Å². The number of ketones is 1. The predicted molar refractivity (Wildman–Crippen MR) is 68.6 cm³/mol. The number of fused-ring (bicyclic) bond motifs is 2. The Kier molecular flexibility index (Phi) is 4.55. The maximum Gasteiger partial charge on any atom is 0.132 e. The predicted octanol–water partition coefficient (Wildman–Crippen LogP) is 3.72. The molecule has 0 unspecified atom stereocenters. The number of Topliss-reactive ketones (excluding diaryl/α,β-unsaturated/α-hetero) is 1. The van der Waals surface area contributed by atoms with Crippen LogP contribution in [-0.4, -0.2) is 12.3 Å². The third-order valence-corrected chi connectivity index (χ3v) is 4.55. The van der Waals surface area contributed by atoms with E-state index in [0.717, 1.165) is 32.2 Å². The molecule has 3 rings (SSSR count). The van der Waals surface area contributed by atoms with Gasteiger partial charge in [-0.2, -0.15) is 0 Å². The van der Waals surface area contributed by atoms with E-state index in [9.17, 15) is 4.79 Å². The second-order valence-electron chi connectivity index (χ2n) is 5.50. The average Bonchev–Trinajstić information content (AvgIpc) is 2.70. The van der Waals surface area contributed by atoms with Crippen molar-refractivity contribution in [2.45, 2.75) is 38.0 Å². The van der Waals surface area contributed by atoms with E-state index in [4.69, 9.17) is 0 Å². The van der Waals surface area contributed by atoms with Gasteiger partial charge in [0, 0.05) is 50.0 Å². The molecular formula is C15H18AcNO-. The summed E-state index contributed by atoms with van der Waals surface area (Å²) in [6, 6.07) is 8.50. The van der Waals surface area contributed by atoms with Crippen LogP contribution in [0.2, 0.25) is 0 Å². The molecule has 93 valence electrons. The Bertz CT molecular complexity index is 450.